The maximum absolute atomic E-state index is 11.2. The zero-order valence-corrected chi connectivity index (χ0v) is 6.11. The summed E-state index contributed by atoms with van der Waals surface area (Å²) in [5.74, 6) is 0. The molecule has 1 saturated heterocycles. The molecular formula is C7H14NO. The summed E-state index contributed by atoms with van der Waals surface area (Å²) in [5.41, 5.74) is -0.850. The van der Waals surface area contributed by atoms with Crippen molar-refractivity contribution in [3.8, 4) is 0 Å². The van der Waals surface area contributed by atoms with E-state index in [1.165, 1.54) is 0 Å². The van der Waals surface area contributed by atoms with Gasteiger partial charge in [0.2, 0.25) is 0 Å². The summed E-state index contributed by atoms with van der Waals surface area (Å²) in [5, 5.41) is 14.2. The third-order valence-electron chi connectivity index (χ3n) is 1.84. The third kappa shape index (κ3) is 1.95. The predicted octanol–water partition coefficient (Wildman–Crippen LogP) is 1.30. The van der Waals surface area contributed by atoms with E-state index < -0.39 is 5.72 Å². The molecule has 0 aliphatic carbocycles. The van der Waals surface area contributed by atoms with Crippen molar-refractivity contribution in [2.45, 2.75) is 44.9 Å². The van der Waals surface area contributed by atoms with Gasteiger partial charge in [-0.05, 0) is 33.1 Å². The van der Waals surface area contributed by atoms with Crippen molar-refractivity contribution in [3.05, 3.63) is 0 Å². The third-order valence-corrected chi connectivity index (χ3v) is 1.84. The summed E-state index contributed by atoms with van der Waals surface area (Å²) in [6.07, 6.45) is 3.00. The lowest BCUT2D eigenvalue weighted by molar-refractivity contribution is -0.0728. The highest BCUT2D eigenvalue weighted by molar-refractivity contribution is 4.79. The molecule has 1 N–H and O–H groups in total. The second-order valence-corrected chi connectivity index (χ2v) is 3.17. The van der Waals surface area contributed by atoms with Crippen LogP contribution in [0.5, 0.6) is 0 Å². The normalized spacial score (nSPS) is 45.0. The monoisotopic (exact) mass is 128 g/mol. The minimum absolute atomic E-state index is 0.418. The highest BCUT2D eigenvalue weighted by atomic mass is 16.3. The summed E-state index contributed by atoms with van der Waals surface area (Å²) < 4.78 is 0. The van der Waals surface area contributed by atoms with E-state index in [1.54, 1.807) is 6.92 Å². The predicted molar refractivity (Wildman–Crippen MR) is 35.5 cm³/mol. The first-order valence-corrected chi connectivity index (χ1v) is 3.58. The highest BCUT2D eigenvalue weighted by Crippen LogP contribution is 2.19. The lowest BCUT2D eigenvalue weighted by Gasteiger charge is -2.31. The number of piperidine rings is 1. The van der Waals surface area contributed by atoms with E-state index >= 15 is 0 Å². The molecule has 1 radical (unpaired) electrons. The van der Waals surface area contributed by atoms with Gasteiger partial charge in [0.25, 0.3) is 0 Å². The maximum atomic E-state index is 11.2. The Bertz CT molecular complexity index is 101. The molecule has 2 unspecified atom stereocenters. The lowest BCUT2D eigenvalue weighted by atomic mass is 9.98. The average Bonchev–Trinajstić information content (AvgIpc) is 1.60. The first kappa shape index (κ1) is 7.03. The average molecular weight is 128 g/mol. The summed E-state index contributed by atoms with van der Waals surface area (Å²) >= 11 is 0. The largest absolute Gasteiger partial charge is 0.285 e. The Labute approximate surface area is 56.3 Å². The molecule has 53 valence electrons. The molecule has 0 aromatic heterocycles. The summed E-state index contributed by atoms with van der Waals surface area (Å²) in [7, 11) is 0. The second kappa shape index (κ2) is 2.27. The van der Waals surface area contributed by atoms with Crippen molar-refractivity contribution >= 4 is 0 Å². The molecule has 2 nitrogen and oxygen atoms in total. The van der Waals surface area contributed by atoms with Crippen LogP contribution in [-0.4, -0.2) is 11.8 Å². The number of rotatable bonds is 0. The molecule has 0 aromatic rings. The van der Waals surface area contributed by atoms with Gasteiger partial charge in [0.15, 0.2) is 5.72 Å². The molecule has 1 rings (SSSR count). The summed E-state index contributed by atoms with van der Waals surface area (Å²) in [4.78, 5) is 0. The van der Waals surface area contributed by atoms with Gasteiger partial charge in [0, 0.05) is 6.04 Å². The van der Waals surface area contributed by atoms with E-state index in [1.807, 2.05) is 0 Å². The van der Waals surface area contributed by atoms with E-state index in [9.17, 15) is 5.11 Å². The van der Waals surface area contributed by atoms with Crippen LogP contribution in [0.15, 0.2) is 0 Å². The Hall–Kier alpha value is -0.0800. The molecule has 1 heterocycles. The van der Waals surface area contributed by atoms with Gasteiger partial charge in [-0.25, -0.2) is 5.11 Å². The minimum Gasteiger partial charge on any atom is -0.285 e. The van der Waals surface area contributed by atoms with Crippen LogP contribution in [0.4, 0.5) is 0 Å². The molecule has 1 aliphatic rings. The fourth-order valence-corrected chi connectivity index (χ4v) is 1.41. The van der Waals surface area contributed by atoms with Crippen LogP contribution >= 0.6 is 0 Å². The van der Waals surface area contributed by atoms with Crippen LogP contribution < -0.4 is 5.32 Å². The van der Waals surface area contributed by atoms with Crippen LogP contribution in [0.1, 0.15) is 33.1 Å². The quantitative estimate of drug-likeness (QED) is 0.524. The van der Waals surface area contributed by atoms with Crippen molar-refractivity contribution in [1.29, 1.82) is 0 Å². The molecule has 2 heteroatoms. The molecule has 2 atom stereocenters. The van der Waals surface area contributed by atoms with E-state index in [0.717, 1.165) is 19.3 Å². The Morgan fingerprint density at radius 3 is 2.67 bits per heavy atom. The molecule has 0 saturated carbocycles. The fourth-order valence-electron chi connectivity index (χ4n) is 1.41. The van der Waals surface area contributed by atoms with Crippen LogP contribution in [0.25, 0.3) is 0 Å². The zero-order chi connectivity index (χ0) is 6.91. The van der Waals surface area contributed by atoms with Crippen molar-refractivity contribution in [2.75, 3.05) is 0 Å². The molecule has 1 aliphatic heterocycles. The van der Waals surface area contributed by atoms with Gasteiger partial charge in [-0.1, -0.05) is 0 Å². The highest BCUT2D eigenvalue weighted by Gasteiger charge is 2.27. The Morgan fingerprint density at radius 2 is 2.33 bits per heavy atom. The van der Waals surface area contributed by atoms with E-state index in [4.69, 9.17) is 0 Å². The topological polar surface area (TPSA) is 31.9 Å². The van der Waals surface area contributed by atoms with Crippen LogP contribution in [0.2, 0.25) is 0 Å². The smallest absolute Gasteiger partial charge is 0.151 e. The van der Waals surface area contributed by atoms with Gasteiger partial charge in [0.1, 0.15) is 0 Å². The first-order chi connectivity index (χ1) is 4.10. The lowest BCUT2D eigenvalue weighted by Crippen LogP contribution is -2.49. The summed E-state index contributed by atoms with van der Waals surface area (Å²) in [6.45, 7) is 3.79. The van der Waals surface area contributed by atoms with E-state index in [0.29, 0.717) is 6.04 Å². The van der Waals surface area contributed by atoms with Gasteiger partial charge in [-0.15, -0.1) is 0 Å². The van der Waals surface area contributed by atoms with Crippen LogP contribution in [0, 0.1) is 0 Å². The van der Waals surface area contributed by atoms with Gasteiger partial charge in [0.05, 0.1) is 0 Å². The maximum Gasteiger partial charge on any atom is 0.151 e. The molecule has 1 fully saturated rings. The van der Waals surface area contributed by atoms with Gasteiger partial charge in [-0.2, -0.15) is 0 Å². The Morgan fingerprint density at radius 1 is 1.67 bits per heavy atom. The number of nitrogens with one attached hydrogen (secondary N) is 1. The number of hydrogen-bond acceptors (Lipinski definition) is 1. The standard InChI is InChI=1S/C7H14NO/c1-6-4-3-5-7(2,9)8-6/h6,8H,3-5H2,1-2H3. The number of hydrogen-bond donors (Lipinski definition) is 1. The SMILES string of the molecule is CC1CCCC(C)([O])N1. The molecule has 0 aromatic carbocycles. The van der Waals surface area contributed by atoms with Gasteiger partial charge in [-0.3, -0.25) is 5.32 Å². The van der Waals surface area contributed by atoms with Gasteiger partial charge >= 0.3 is 0 Å². The van der Waals surface area contributed by atoms with Crippen LogP contribution in [0.3, 0.4) is 0 Å². The van der Waals surface area contributed by atoms with Crippen molar-refractivity contribution in [3.63, 3.8) is 0 Å². The second-order valence-electron chi connectivity index (χ2n) is 3.17. The van der Waals surface area contributed by atoms with Crippen LogP contribution in [-0.2, 0) is 5.11 Å². The Kier molecular flexibility index (Phi) is 1.78. The molecule has 0 spiro atoms. The van der Waals surface area contributed by atoms with Crippen molar-refractivity contribution in [1.82, 2.24) is 5.32 Å². The fraction of sp³-hybridized carbons (Fsp3) is 1.00. The van der Waals surface area contributed by atoms with Crippen molar-refractivity contribution in [2.24, 2.45) is 0 Å². The van der Waals surface area contributed by atoms with Gasteiger partial charge < -0.3 is 0 Å². The molecule has 9 heavy (non-hydrogen) atoms. The molecular weight excluding hydrogens is 114 g/mol. The molecule has 0 bridgehead atoms. The minimum atomic E-state index is -0.850. The zero-order valence-electron chi connectivity index (χ0n) is 6.11. The van der Waals surface area contributed by atoms with Crippen molar-refractivity contribution < 1.29 is 5.11 Å². The van der Waals surface area contributed by atoms with E-state index in [-0.39, 0.29) is 0 Å². The van der Waals surface area contributed by atoms with E-state index in [2.05, 4.69) is 12.2 Å². The Balaban J connectivity index is 2.41. The molecule has 0 amide bonds. The first-order valence-electron chi connectivity index (χ1n) is 3.58. The summed E-state index contributed by atoms with van der Waals surface area (Å²) in [6, 6.07) is 0.418.